The van der Waals surface area contributed by atoms with E-state index in [4.69, 9.17) is 5.84 Å². The van der Waals surface area contributed by atoms with Crippen molar-refractivity contribution in [3.05, 3.63) is 33.2 Å². The van der Waals surface area contributed by atoms with Crippen LogP contribution in [0.2, 0.25) is 0 Å². The first kappa shape index (κ1) is 13.3. The summed E-state index contributed by atoms with van der Waals surface area (Å²) in [6, 6.07) is 4.21. The fraction of sp³-hybridized carbons (Fsp3) is 0.273. The van der Waals surface area contributed by atoms with Crippen LogP contribution in [0.25, 0.3) is 0 Å². The van der Waals surface area contributed by atoms with E-state index in [2.05, 4.69) is 53.7 Å². The van der Waals surface area contributed by atoms with E-state index in [0.717, 1.165) is 23.3 Å². The van der Waals surface area contributed by atoms with Crippen LogP contribution in [0.5, 0.6) is 0 Å². The summed E-state index contributed by atoms with van der Waals surface area (Å²) in [6.45, 7) is 0.889. The highest BCUT2D eigenvalue weighted by molar-refractivity contribution is 9.10. The second-order valence-corrected chi connectivity index (χ2v) is 5.58. The second-order valence-electron chi connectivity index (χ2n) is 3.76. The lowest BCUT2D eigenvalue weighted by molar-refractivity contribution is 0.861. The van der Waals surface area contributed by atoms with Crippen LogP contribution in [-0.4, -0.2) is 23.6 Å². The van der Waals surface area contributed by atoms with E-state index in [1.165, 1.54) is 11.2 Å². The number of aromatic nitrogens is 2. The minimum Gasteiger partial charge on any atom is -0.358 e. The second kappa shape index (κ2) is 6.12. The molecule has 0 aliphatic rings. The number of rotatable bonds is 5. The van der Waals surface area contributed by atoms with Crippen LogP contribution in [0.1, 0.15) is 4.88 Å². The summed E-state index contributed by atoms with van der Waals surface area (Å²) in [6.07, 6.45) is 2.49. The summed E-state index contributed by atoms with van der Waals surface area (Å²) in [7, 11) is 2.00. The van der Waals surface area contributed by atoms with Crippen molar-refractivity contribution in [2.24, 2.45) is 5.84 Å². The third kappa shape index (κ3) is 2.98. The molecule has 18 heavy (non-hydrogen) atoms. The van der Waals surface area contributed by atoms with Crippen molar-refractivity contribution < 1.29 is 0 Å². The SMILES string of the molecule is CN(CCc1cccs1)c1ncnc(NN)c1Br. The van der Waals surface area contributed by atoms with Crippen LogP contribution in [0.15, 0.2) is 28.3 Å². The average molecular weight is 328 g/mol. The molecule has 5 nitrogen and oxygen atoms in total. The smallest absolute Gasteiger partial charge is 0.159 e. The van der Waals surface area contributed by atoms with Crippen molar-refractivity contribution in [3.63, 3.8) is 0 Å². The Kier molecular flexibility index (Phi) is 4.51. The molecule has 0 bridgehead atoms. The first-order valence-electron chi connectivity index (χ1n) is 5.43. The molecule has 0 saturated carbocycles. The Labute approximate surface area is 118 Å². The molecular formula is C11H14BrN5S. The monoisotopic (exact) mass is 327 g/mol. The first-order valence-corrected chi connectivity index (χ1v) is 7.10. The van der Waals surface area contributed by atoms with E-state index in [1.807, 2.05) is 7.05 Å². The van der Waals surface area contributed by atoms with Crippen LogP contribution in [0, 0.1) is 0 Å². The predicted octanol–water partition coefficient (Wildman–Crippen LogP) is 2.27. The minimum atomic E-state index is 0.586. The Bertz CT molecular complexity index is 502. The lowest BCUT2D eigenvalue weighted by Gasteiger charge is -2.19. The van der Waals surface area contributed by atoms with E-state index in [0.29, 0.717) is 5.82 Å². The van der Waals surface area contributed by atoms with Gasteiger partial charge < -0.3 is 10.3 Å². The van der Waals surface area contributed by atoms with Gasteiger partial charge in [-0.3, -0.25) is 0 Å². The van der Waals surface area contributed by atoms with Gasteiger partial charge in [-0.05, 0) is 33.8 Å². The zero-order valence-corrected chi connectivity index (χ0v) is 12.3. The molecule has 2 aromatic heterocycles. The summed E-state index contributed by atoms with van der Waals surface area (Å²) >= 11 is 5.22. The average Bonchev–Trinajstić information content (AvgIpc) is 2.89. The van der Waals surface area contributed by atoms with Crippen molar-refractivity contribution in [2.75, 3.05) is 23.9 Å². The third-order valence-electron chi connectivity index (χ3n) is 2.54. The van der Waals surface area contributed by atoms with Crippen LogP contribution < -0.4 is 16.2 Å². The zero-order chi connectivity index (χ0) is 13.0. The number of hydrogen-bond acceptors (Lipinski definition) is 6. The van der Waals surface area contributed by atoms with Crippen molar-refractivity contribution in [3.8, 4) is 0 Å². The molecule has 0 aromatic carbocycles. The largest absolute Gasteiger partial charge is 0.358 e. The van der Waals surface area contributed by atoms with Gasteiger partial charge in [0.25, 0.3) is 0 Å². The zero-order valence-electron chi connectivity index (χ0n) is 9.93. The minimum absolute atomic E-state index is 0.586. The molecule has 0 radical (unpaired) electrons. The van der Waals surface area contributed by atoms with Crippen molar-refractivity contribution in [1.82, 2.24) is 9.97 Å². The first-order chi connectivity index (χ1) is 8.72. The van der Waals surface area contributed by atoms with Gasteiger partial charge >= 0.3 is 0 Å². The fourth-order valence-corrected chi connectivity index (χ4v) is 2.89. The lowest BCUT2D eigenvalue weighted by Crippen LogP contribution is -2.22. The third-order valence-corrected chi connectivity index (χ3v) is 4.21. The molecule has 7 heteroatoms. The Morgan fingerprint density at radius 1 is 1.50 bits per heavy atom. The molecule has 96 valence electrons. The molecule has 0 unspecified atom stereocenters. The maximum atomic E-state index is 5.38. The molecule has 0 saturated heterocycles. The maximum Gasteiger partial charge on any atom is 0.159 e. The number of likely N-dealkylation sites (N-methyl/N-ethyl adjacent to an activating group) is 1. The number of halogens is 1. The highest BCUT2D eigenvalue weighted by atomic mass is 79.9. The maximum absolute atomic E-state index is 5.38. The molecular weight excluding hydrogens is 314 g/mol. The van der Waals surface area contributed by atoms with Gasteiger partial charge in [0.1, 0.15) is 16.6 Å². The van der Waals surface area contributed by atoms with Crippen LogP contribution >= 0.6 is 27.3 Å². The summed E-state index contributed by atoms with van der Waals surface area (Å²) in [5, 5.41) is 2.09. The molecule has 2 heterocycles. The molecule has 0 aliphatic heterocycles. The molecule has 2 rings (SSSR count). The lowest BCUT2D eigenvalue weighted by atomic mass is 10.3. The summed E-state index contributed by atoms with van der Waals surface area (Å²) in [5.74, 6) is 6.80. The van der Waals surface area contributed by atoms with E-state index >= 15 is 0 Å². The van der Waals surface area contributed by atoms with Gasteiger partial charge in [-0.2, -0.15) is 0 Å². The van der Waals surface area contributed by atoms with Crippen molar-refractivity contribution in [2.45, 2.75) is 6.42 Å². The fourth-order valence-electron chi connectivity index (χ4n) is 1.57. The van der Waals surface area contributed by atoms with Gasteiger partial charge in [-0.15, -0.1) is 11.3 Å². The van der Waals surface area contributed by atoms with E-state index in [9.17, 15) is 0 Å². The van der Waals surface area contributed by atoms with E-state index in [1.54, 1.807) is 11.3 Å². The molecule has 0 fully saturated rings. The topological polar surface area (TPSA) is 67.1 Å². The number of nitrogens with two attached hydrogens (primary N) is 1. The Hall–Kier alpha value is -1.18. The quantitative estimate of drug-likeness (QED) is 0.651. The number of nitrogen functional groups attached to an aromatic ring is 1. The molecule has 0 spiro atoms. The number of nitrogens with zero attached hydrogens (tertiary/aromatic N) is 3. The molecule has 0 aliphatic carbocycles. The Morgan fingerprint density at radius 3 is 3.00 bits per heavy atom. The summed E-state index contributed by atoms with van der Waals surface area (Å²) in [5.41, 5.74) is 2.54. The molecule has 2 aromatic rings. The van der Waals surface area contributed by atoms with Crippen LogP contribution in [0.4, 0.5) is 11.6 Å². The van der Waals surface area contributed by atoms with Crippen molar-refractivity contribution in [1.29, 1.82) is 0 Å². The number of thiophene rings is 1. The number of anilines is 2. The van der Waals surface area contributed by atoms with Gasteiger partial charge in [-0.1, -0.05) is 6.07 Å². The van der Waals surface area contributed by atoms with E-state index < -0.39 is 0 Å². The number of nitrogens with one attached hydrogen (secondary N) is 1. The number of hydrogen-bond donors (Lipinski definition) is 2. The van der Waals surface area contributed by atoms with Gasteiger partial charge in [0, 0.05) is 18.5 Å². The molecule has 3 N–H and O–H groups in total. The summed E-state index contributed by atoms with van der Waals surface area (Å²) in [4.78, 5) is 11.7. The van der Waals surface area contributed by atoms with Gasteiger partial charge in [0.2, 0.25) is 0 Å². The highest BCUT2D eigenvalue weighted by Gasteiger charge is 2.11. The Morgan fingerprint density at radius 2 is 2.33 bits per heavy atom. The number of hydrazine groups is 1. The van der Waals surface area contributed by atoms with Gasteiger partial charge in [-0.25, -0.2) is 15.8 Å². The molecule has 0 amide bonds. The van der Waals surface area contributed by atoms with Gasteiger partial charge in [0.15, 0.2) is 5.82 Å². The predicted molar refractivity (Wildman–Crippen MR) is 78.8 cm³/mol. The Balaban J connectivity index is 2.06. The van der Waals surface area contributed by atoms with Crippen LogP contribution in [-0.2, 0) is 6.42 Å². The van der Waals surface area contributed by atoms with E-state index in [-0.39, 0.29) is 0 Å². The standard InChI is InChI=1S/C11H14BrN5S/c1-17(5-4-8-3-2-6-18-8)11-9(12)10(16-13)14-7-15-11/h2-3,6-7H,4-5,13H2,1H3,(H,14,15,16). The van der Waals surface area contributed by atoms with Gasteiger partial charge in [0.05, 0.1) is 0 Å². The normalized spacial score (nSPS) is 10.4. The highest BCUT2D eigenvalue weighted by Crippen LogP contribution is 2.28. The summed E-state index contributed by atoms with van der Waals surface area (Å²) < 4.78 is 0.779. The van der Waals surface area contributed by atoms with Crippen molar-refractivity contribution >= 4 is 38.9 Å². The van der Waals surface area contributed by atoms with Crippen LogP contribution in [0.3, 0.4) is 0 Å². The molecule has 0 atom stereocenters.